The highest BCUT2D eigenvalue weighted by molar-refractivity contribution is 5.95. The fraction of sp³-hybridized carbons (Fsp3) is 0.364. The van der Waals surface area contributed by atoms with Crippen LogP contribution < -0.4 is 23.5 Å². The number of carbonyl (C=O) groups is 1. The summed E-state index contributed by atoms with van der Waals surface area (Å²) >= 11 is 0. The first-order valence-electron chi connectivity index (χ1n) is 5.05. The third kappa shape index (κ3) is 3.79. The second-order valence-electron chi connectivity index (χ2n) is 3.31. The summed E-state index contributed by atoms with van der Waals surface area (Å²) in [7, 11) is 0. The number of nitrogens with one attached hydrogen (secondary N) is 1. The zero-order valence-electron chi connectivity index (χ0n) is 9.22. The molecule has 4 N–H and O–H groups in total. The van der Waals surface area contributed by atoms with Crippen LogP contribution in [0.2, 0.25) is 0 Å². The number of benzene rings is 1. The normalized spacial score (nSPS) is 9.44. The third-order valence-corrected chi connectivity index (χ3v) is 2.12. The molecule has 0 saturated heterocycles. The van der Waals surface area contributed by atoms with Crippen LogP contribution >= 0.6 is 0 Å². The van der Waals surface area contributed by atoms with Gasteiger partial charge in [-0.25, -0.2) is 4.39 Å². The van der Waals surface area contributed by atoms with Gasteiger partial charge in [-0.05, 0) is 24.6 Å². The zero-order chi connectivity index (χ0) is 11.3. The number of rotatable bonds is 4. The van der Waals surface area contributed by atoms with Gasteiger partial charge in [0.15, 0.2) is 0 Å². The molecule has 0 heterocycles. The van der Waals surface area contributed by atoms with E-state index < -0.39 is 5.82 Å². The van der Waals surface area contributed by atoms with Crippen molar-refractivity contribution in [2.75, 3.05) is 6.54 Å². The van der Waals surface area contributed by atoms with Crippen LogP contribution in [0.4, 0.5) is 4.39 Å². The van der Waals surface area contributed by atoms with Crippen molar-refractivity contribution in [2.45, 2.75) is 19.9 Å². The van der Waals surface area contributed by atoms with Crippen molar-refractivity contribution in [3.8, 4) is 0 Å². The Labute approximate surface area is 101 Å². The number of quaternary nitrogens is 1. The van der Waals surface area contributed by atoms with Crippen molar-refractivity contribution in [3.05, 3.63) is 35.1 Å². The molecule has 16 heavy (non-hydrogen) atoms. The number of carbonyl (C=O) groups excluding carboxylic acids is 1. The van der Waals surface area contributed by atoms with Gasteiger partial charge in [-0.3, -0.25) is 4.79 Å². The van der Waals surface area contributed by atoms with Crippen molar-refractivity contribution in [1.82, 2.24) is 5.32 Å². The Morgan fingerprint density at radius 1 is 1.50 bits per heavy atom. The van der Waals surface area contributed by atoms with Crippen molar-refractivity contribution in [1.29, 1.82) is 0 Å². The van der Waals surface area contributed by atoms with Crippen LogP contribution in [0, 0.1) is 5.82 Å². The van der Waals surface area contributed by atoms with Gasteiger partial charge in [0.2, 0.25) is 0 Å². The van der Waals surface area contributed by atoms with Crippen LogP contribution in [-0.4, -0.2) is 12.5 Å². The van der Waals surface area contributed by atoms with Crippen LogP contribution in [0.3, 0.4) is 0 Å². The molecule has 90 valence electrons. The molecule has 0 aliphatic carbocycles. The van der Waals surface area contributed by atoms with E-state index in [1.54, 1.807) is 6.07 Å². The van der Waals surface area contributed by atoms with Crippen LogP contribution in [0.25, 0.3) is 0 Å². The summed E-state index contributed by atoms with van der Waals surface area (Å²) in [5, 5.41) is 2.72. The summed E-state index contributed by atoms with van der Waals surface area (Å²) in [6.45, 7) is 3.05. The Bertz CT molecular complexity index is 358. The molecule has 0 aliphatic rings. The summed E-state index contributed by atoms with van der Waals surface area (Å²) in [4.78, 5) is 11.6. The molecule has 5 heteroatoms. The fourth-order valence-electron chi connectivity index (χ4n) is 1.31. The summed E-state index contributed by atoms with van der Waals surface area (Å²) in [6, 6.07) is 4.20. The molecule has 0 radical (unpaired) electrons. The van der Waals surface area contributed by atoms with E-state index in [2.05, 4.69) is 11.1 Å². The van der Waals surface area contributed by atoms with Crippen LogP contribution in [0.5, 0.6) is 0 Å². The standard InChI is InChI=1S/C11H15FN2O.ClH/c1-2-5-14-11(15)10-6-9(12)4-3-8(10)7-13;/h3-4,6H,2,5,7,13H2,1H3,(H,14,15);1H. The molecule has 0 atom stereocenters. The predicted molar refractivity (Wildman–Crippen MR) is 55.6 cm³/mol. The first kappa shape index (κ1) is 14.9. The molecule has 0 aliphatic heterocycles. The summed E-state index contributed by atoms with van der Waals surface area (Å²) in [5.74, 6) is -0.621. The van der Waals surface area contributed by atoms with Gasteiger partial charge in [-0.1, -0.05) is 6.92 Å². The zero-order valence-corrected chi connectivity index (χ0v) is 9.98. The Kier molecular flexibility index (Phi) is 6.69. The Morgan fingerprint density at radius 3 is 2.75 bits per heavy atom. The largest absolute Gasteiger partial charge is 1.00 e. The van der Waals surface area contributed by atoms with E-state index in [0.717, 1.165) is 12.0 Å². The van der Waals surface area contributed by atoms with Gasteiger partial charge in [0.05, 0.1) is 5.56 Å². The molecular weight excluding hydrogens is 231 g/mol. The minimum Gasteiger partial charge on any atom is -1.00 e. The van der Waals surface area contributed by atoms with Crippen LogP contribution in [-0.2, 0) is 6.54 Å². The first-order chi connectivity index (χ1) is 7.19. The third-order valence-electron chi connectivity index (χ3n) is 2.12. The molecular formula is C11H16ClFN2O. The lowest BCUT2D eigenvalue weighted by molar-refractivity contribution is -0.386. The van der Waals surface area contributed by atoms with E-state index in [1.165, 1.54) is 12.1 Å². The van der Waals surface area contributed by atoms with Gasteiger partial charge in [-0.15, -0.1) is 0 Å². The van der Waals surface area contributed by atoms with Crippen molar-refractivity contribution < 1.29 is 27.3 Å². The number of halogens is 2. The van der Waals surface area contributed by atoms with Crippen molar-refractivity contribution in [2.24, 2.45) is 0 Å². The summed E-state index contributed by atoms with van der Waals surface area (Å²) in [6.07, 6.45) is 0.862. The van der Waals surface area contributed by atoms with Crippen LogP contribution in [0.15, 0.2) is 18.2 Å². The smallest absolute Gasteiger partial charge is 0.251 e. The number of hydrogen-bond donors (Lipinski definition) is 2. The maximum atomic E-state index is 13.0. The molecule has 0 fully saturated rings. The lowest BCUT2D eigenvalue weighted by atomic mass is 10.1. The highest BCUT2D eigenvalue weighted by Crippen LogP contribution is 2.10. The van der Waals surface area contributed by atoms with E-state index in [4.69, 9.17) is 0 Å². The molecule has 0 bridgehead atoms. The lowest BCUT2D eigenvalue weighted by Gasteiger charge is -2.07. The predicted octanol–water partition coefficient (Wildman–Crippen LogP) is -2.29. The molecule has 1 aromatic rings. The molecule has 1 aromatic carbocycles. The molecule has 0 unspecified atom stereocenters. The van der Waals surface area contributed by atoms with Crippen LogP contribution in [0.1, 0.15) is 29.3 Å². The molecule has 1 amide bonds. The van der Waals surface area contributed by atoms with Gasteiger partial charge < -0.3 is 23.5 Å². The number of hydrogen-bond acceptors (Lipinski definition) is 1. The van der Waals surface area contributed by atoms with Gasteiger partial charge >= 0.3 is 0 Å². The van der Waals surface area contributed by atoms with E-state index >= 15 is 0 Å². The Morgan fingerprint density at radius 2 is 2.19 bits per heavy atom. The SMILES string of the molecule is CCCNC(=O)c1cc(F)ccc1C[NH3+].[Cl-]. The van der Waals surface area contributed by atoms with E-state index in [-0.39, 0.29) is 18.3 Å². The van der Waals surface area contributed by atoms with Crippen molar-refractivity contribution in [3.63, 3.8) is 0 Å². The fourth-order valence-corrected chi connectivity index (χ4v) is 1.31. The van der Waals surface area contributed by atoms with E-state index in [1.807, 2.05) is 6.92 Å². The average molecular weight is 247 g/mol. The Hall–Kier alpha value is -1.13. The lowest BCUT2D eigenvalue weighted by Crippen LogP contribution is -3.00. The molecule has 0 aromatic heterocycles. The van der Waals surface area contributed by atoms with Gasteiger partial charge in [0.1, 0.15) is 12.4 Å². The van der Waals surface area contributed by atoms with Gasteiger partial charge in [-0.2, -0.15) is 0 Å². The average Bonchev–Trinajstić information content (AvgIpc) is 2.25. The molecule has 0 spiro atoms. The topological polar surface area (TPSA) is 56.7 Å². The second kappa shape index (κ2) is 7.19. The quantitative estimate of drug-likeness (QED) is 0.618. The summed E-state index contributed by atoms with van der Waals surface area (Å²) < 4.78 is 13.0. The maximum Gasteiger partial charge on any atom is 0.251 e. The summed E-state index contributed by atoms with van der Waals surface area (Å²) in [5.41, 5.74) is 4.86. The van der Waals surface area contributed by atoms with E-state index in [9.17, 15) is 9.18 Å². The monoisotopic (exact) mass is 246 g/mol. The highest BCUT2D eigenvalue weighted by Gasteiger charge is 2.11. The molecule has 0 saturated carbocycles. The highest BCUT2D eigenvalue weighted by atomic mass is 35.5. The molecule has 1 rings (SSSR count). The van der Waals surface area contributed by atoms with Gasteiger partial charge in [0, 0.05) is 12.1 Å². The second-order valence-corrected chi connectivity index (χ2v) is 3.31. The number of amides is 1. The maximum absolute atomic E-state index is 13.0. The minimum absolute atomic E-state index is 0. The minimum atomic E-state index is -0.395. The Balaban J connectivity index is 0.00000225. The first-order valence-corrected chi connectivity index (χ1v) is 5.05. The van der Waals surface area contributed by atoms with Gasteiger partial charge in [0.25, 0.3) is 5.91 Å². The molecule has 3 nitrogen and oxygen atoms in total. The van der Waals surface area contributed by atoms with Crippen molar-refractivity contribution >= 4 is 5.91 Å². The van der Waals surface area contributed by atoms with E-state index in [0.29, 0.717) is 18.7 Å².